The average molecular weight is 288 g/mol. The van der Waals surface area contributed by atoms with Crippen LogP contribution in [0.2, 0.25) is 0 Å². The quantitative estimate of drug-likeness (QED) is 0.799. The summed E-state index contributed by atoms with van der Waals surface area (Å²) in [5.41, 5.74) is -1.33. The van der Waals surface area contributed by atoms with Crippen molar-refractivity contribution in [2.45, 2.75) is 25.2 Å². The van der Waals surface area contributed by atoms with Gasteiger partial charge in [-0.25, -0.2) is 9.79 Å². The molecule has 1 aromatic heterocycles. The monoisotopic (exact) mass is 288 g/mol. The Morgan fingerprint density at radius 2 is 2.25 bits per heavy atom. The molecule has 0 saturated carbocycles. The van der Waals surface area contributed by atoms with Gasteiger partial charge < -0.3 is 9.47 Å². The highest BCUT2D eigenvalue weighted by Gasteiger charge is 2.43. The van der Waals surface area contributed by atoms with Gasteiger partial charge in [0.25, 0.3) is 0 Å². The van der Waals surface area contributed by atoms with Crippen LogP contribution >= 0.6 is 0 Å². The Labute approximate surface area is 112 Å². The number of pyridine rings is 1. The maximum absolute atomic E-state index is 12.9. The molecule has 0 N–H and O–H groups in total. The Balaban J connectivity index is 2.34. The van der Waals surface area contributed by atoms with E-state index in [1.54, 1.807) is 6.92 Å². The van der Waals surface area contributed by atoms with Crippen molar-refractivity contribution in [2.75, 3.05) is 6.61 Å². The number of ether oxygens (including phenoxy) is 2. The summed E-state index contributed by atoms with van der Waals surface area (Å²) in [4.78, 5) is 19.1. The van der Waals surface area contributed by atoms with E-state index in [2.05, 4.69) is 9.98 Å². The first-order chi connectivity index (χ1) is 9.45. The maximum atomic E-state index is 12.9. The number of aromatic nitrogens is 1. The molecule has 8 heteroatoms. The first-order valence-corrected chi connectivity index (χ1v) is 5.81. The molecule has 2 heterocycles. The zero-order chi connectivity index (χ0) is 14.8. The Bertz CT molecular complexity index is 531. The van der Waals surface area contributed by atoms with E-state index in [4.69, 9.17) is 9.47 Å². The Morgan fingerprint density at radius 3 is 2.90 bits per heavy atom. The zero-order valence-electron chi connectivity index (χ0n) is 10.4. The van der Waals surface area contributed by atoms with Crippen LogP contribution in [0.15, 0.2) is 23.3 Å². The number of hydrogen-bond donors (Lipinski definition) is 0. The molecule has 0 spiro atoms. The lowest BCUT2D eigenvalue weighted by molar-refractivity contribution is -0.148. The van der Waals surface area contributed by atoms with Gasteiger partial charge in [-0.2, -0.15) is 13.2 Å². The lowest BCUT2D eigenvalue weighted by Gasteiger charge is -2.19. The highest BCUT2D eigenvalue weighted by Crippen LogP contribution is 2.37. The lowest BCUT2D eigenvalue weighted by atomic mass is 10.0. The van der Waals surface area contributed by atoms with Gasteiger partial charge in [0.15, 0.2) is 18.5 Å². The van der Waals surface area contributed by atoms with Crippen molar-refractivity contribution in [1.29, 1.82) is 0 Å². The number of alkyl halides is 3. The fraction of sp³-hybridized carbons (Fsp3) is 0.417. The standard InChI is InChI=1S/C12H11F3N2O3/c1-2-19-11(18)9-10(20-6-17-9)8-7(12(13,14)15)4-3-5-16-8/h3-6,9-10H,2H2,1H3/t9-,10-/m1/s1. The fourth-order valence-electron chi connectivity index (χ4n) is 1.83. The van der Waals surface area contributed by atoms with Gasteiger partial charge in [0.05, 0.1) is 17.9 Å². The normalized spacial score (nSPS) is 21.6. The van der Waals surface area contributed by atoms with E-state index in [-0.39, 0.29) is 12.3 Å². The number of halogens is 3. The van der Waals surface area contributed by atoms with Gasteiger partial charge >= 0.3 is 12.1 Å². The molecule has 1 aliphatic heterocycles. The van der Waals surface area contributed by atoms with E-state index in [1.165, 1.54) is 12.3 Å². The molecule has 0 amide bonds. The van der Waals surface area contributed by atoms with Crippen LogP contribution in [-0.2, 0) is 20.4 Å². The first kappa shape index (κ1) is 14.3. The van der Waals surface area contributed by atoms with Gasteiger partial charge in [-0.15, -0.1) is 0 Å². The minimum Gasteiger partial charge on any atom is -0.471 e. The van der Waals surface area contributed by atoms with Crippen LogP contribution in [0.1, 0.15) is 24.3 Å². The van der Waals surface area contributed by atoms with E-state index in [0.717, 1.165) is 12.5 Å². The molecule has 2 atom stereocenters. The summed E-state index contributed by atoms with van der Waals surface area (Å²) in [6.45, 7) is 1.69. The average Bonchev–Trinajstić information content (AvgIpc) is 2.87. The number of rotatable bonds is 3. The molecule has 0 aliphatic carbocycles. The lowest BCUT2D eigenvalue weighted by Crippen LogP contribution is -2.28. The smallest absolute Gasteiger partial charge is 0.418 e. The summed E-state index contributed by atoms with van der Waals surface area (Å²) in [6, 6.07) is 0.874. The van der Waals surface area contributed by atoms with Crippen LogP contribution in [0.25, 0.3) is 0 Å². The van der Waals surface area contributed by atoms with E-state index in [0.29, 0.717) is 0 Å². The topological polar surface area (TPSA) is 60.8 Å². The summed E-state index contributed by atoms with van der Waals surface area (Å²) >= 11 is 0. The van der Waals surface area contributed by atoms with Gasteiger partial charge in [-0.1, -0.05) is 0 Å². The van der Waals surface area contributed by atoms with Crippen molar-refractivity contribution in [3.8, 4) is 0 Å². The second-order valence-electron chi connectivity index (χ2n) is 3.94. The van der Waals surface area contributed by atoms with E-state index >= 15 is 0 Å². The van der Waals surface area contributed by atoms with Crippen LogP contribution in [0, 0.1) is 0 Å². The molecule has 20 heavy (non-hydrogen) atoms. The van der Waals surface area contributed by atoms with E-state index < -0.39 is 29.9 Å². The molecule has 0 bridgehead atoms. The van der Waals surface area contributed by atoms with Crippen LogP contribution in [-0.4, -0.2) is 30.0 Å². The molecule has 0 unspecified atom stereocenters. The summed E-state index contributed by atoms with van der Waals surface area (Å²) in [5, 5.41) is 0. The molecule has 1 aliphatic rings. The van der Waals surface area contributed by atoms with Crippen LogP contribution in [0.4, 0.5) is 13.2 Å². The third-order valence-corrected chi connectivity index (χ3v) is 2.66. The zero-order valence-corrected chi connectivity index (χ0v) is 10.4. The molecule has 0 saturated heterocycles. The second kappa shape index (κ2) is 5.48. The number of nitrogens with zero attached hydrogens (tertiary/aromatic N) is 2. The molecular weight excluding hydrogens is 277 g/mol. The molecule has 0 radical (unpaired) electrons. The summed E-state index contributed by atoms with van der Waals surface area (Å²) in [6.07, 6.45) is -3.67. The number of carbonyl (C=O) groups excluding carboxylic acids is 1. The third kappa shape index (κ3) is 2.73. The highest BCUT2D eigenvalue weighted by atomic mass is 19.4. The largest absolute Gasteiger partial charge is 0.471 e. The minimum atomic E-state index is -4.59. The number of esters is 1. The van der Waals surface area contributed by atoms with Crippen molar-refractivity contribution in [3.05, 3.63) is 29.6 Å². The summed E-state index contributed by atoms with van der Waals surface area (Å²) in [7, 11) is 0. The van der Waals surface area contributed by atoms with Gasteiger partial charge in [0.1, 0.15) is 0 Å². The van der Waals surface area contributed by atoms with Crippen molar-refractivity contribution in [3.63, 3.8) is 0 Å². The van der Waals surface area contributed by atoms with Crippen molar-refractivity contribution >= 4 is 12.4 Å². The van der Waals surface area contributed by atoms with Crippen molar-refractivity contribution in [2.24, 2.45) is 4.99 Å². The molecule has 1 aromatic rings. The highest BCUT2D eigenvalue weighted by molar-refractivity contribution is 5.80. The summed E-state index contributed by atoms with van der Waals surface area (Å²) < 4.78 is 48.5. The van der Waals surface area contributed by atoms with Crippen LogP contribution in [0.5, 0.6) is 0 Å². The molecule has 0 aromatic carbocycles. The number of aliphatic imine (C=N–C) groups is 1. The number of hydrogen-bond acceptors (Lipinski definition) is 5. The molecule has 2 rings (SSSR count). The SMILES string of the molecule is CCOC(=O)[C@@H]1N=CO[C@@H]1c1ncccc1C(F)(F)F. The minimum absolute atomic E-state index is 0.103. The molecule has 5 nitrogen and oxygen atoms in total. The van der Waals surface area contributed by atoms with Crippen molar-refractivity contribution < 1.29 is 27.4 Å². The van der Waals surface area contributed by atoms with Gasteiger partial charge in [0, 0.05) is 6.20 Å². The molecule has 0 fully saturated rings. The van der Waals surface area contributed by atoms with Crippen LogP contribution in [0.3, 0.4) is 0 Å². The Kier molecular flexibility index (Phi) is 3.91. The number of carbonyl (C=O) groups is 1. The summed E-state index contributed by atoms with van der Waals surface area (Å²) in [5.74, 6) is -0.745. The molecular formula is C12H11F3N2O3. The first-order valence-electron chi connectivity index (χ1n) is 5.81. The van der Waals surface area contributed by atoms with Gasteiger partial charge in [-0.05, 0) is 19.1 Å². The van der Waals surface area contributed by atoms with E-state index in [9.17, 15) is 18.0 Å². The third-order valence-electron chi connectivity index (χ3n) is 2.66. The molecule has 108 valence electrons. The predicted molar refractivity (Wildman–Crippen MR) is 62.0 cm³/mol. The predicted octanol–water partition coefficient (Wildman–Crippen LogP) is 2.13. The Hall–Kier alpha value is -2.12. The maximum Gasteiger partial charge on any atom is 0.418 e. The fourth-order valence-corrected chi connectivity index (χ4v) is 1.83. The van der Waals surface area contributed by atoms with Gasteiger partial charge in [-0.3, -0.25) is 4.98 Å². The van der Waals surface area contributed by atoms with Gasteiger partial charge in [0.2, 0.25) is 0 Å². The van der Waals surface area contributed by atoms with Crippen LogP contribution < -0.4 is 0 Å². The second-order valence-corrected chi connectivity index (χ2v) is 3.94. The van der Waals surface area contributed by atoms with E-state index in [1.807, 2.05) is 0 Å². The van der Waals surface area contributed by atoms with Crippen molar-refractivity contribution in [1.82, 2.24) is 4.98 Å². The Morgan fingerprint density at radius 1 is 1.50 bits per heavy atom.